The van der Waals surface area contributed by atoms with Gasteiger partial charge in [-0.1, -0.05) is 6.55 Å². The molecule has 0 amide bonds. The zero-order valence-corrected chi connectivity index (χ0v) is 7.09. The molecule has 0 aromatic heterocycles. The summed E-state index contributed by atoms with van der Waals surface area (Å²) in [7, 11) is -0.343. The average Bonchev–Trinajstić information content (AvgIpc) is 1.83. The number of carbonyl (C=O) groups excluding carboxylic acids is 1. The summed E-state index contributed by atoms with van der Waals surface area (Å²) in [4.78, 5) is 10.2. The average molecular weight is 145 g/mol. The lowest BCUT2D eigenvalue weighted by Gasteiger charge is -1.93. The van der Waals surface area contributed by atoms with Crippen LogP contribution in [0.3, 0.4) is 0 Å². The third-order valence-electron chi connectivity index (χ3n) is 0.785. The second-order valence-electron chi connectivity index (χ2n) is 1.66. The quantitative estimate of drug-likeness (QED) is 0.324. The minimum Gasteiger partial charge on any atom is -0.433 e. The van der Waals surface area contributed by atoms with Gasteiger partial charge in [-0.05, 0) is 0 Å². The molecule has 0 spiro atoms. The Bertz CT molecular complexity index is 133. The van der Waals surface area contributed by atoms with Gasteiger partial charge >= 0.3 is 5.97 Å². The van der Waals surface area contributed by atoms with E-state index < -0.39 is 0 Å². The fraction of sp³-hybridized carbons (Fsp3) is 0.400. The van der Waals surface area contributed by atoms with Crippen LogP contribution in [0.25, 0.3) is 0 Å². The van der Waals surface area contributed by atoms with Gasteiger partial charge in [0.25, 0.3) is 0 Å². The highest BCUT2D eigenvalue weighted by Gasteiger charge is 1.88. The summed E-state index contributed by atoms with van der Waals surface area (Å²) < 4.78 is 4.50. The largest absolute Gasteiger partial charge is 0.433 e. The minimum absolute atomic E-state index is 0.319. The SMILES string of the molecule is C[SiH2]/C(N)=C/OC(C)=O. The summed E-state index contributed by atoms with van der Waals surface area (Å²) >= 11 is 0. The number of carbonyl (C=O) groups is 1. The number of nitrogens with two attached hydrogens (primary N) is 1. The van der Waals surface area contributed by atoms with E-state index in [0.717, 1.165) is 0 Å². The molecule has 0 radical (unpaired) electrons. The predicted molar refractivity (Wildman–Crippen MR) is 38.4 cm³/mol. The fourth-order valence-corrected chi connectivity index (χ4v) is 0.492. The maximum atomic E-state index is 10.2. The molecule has 0 aromatic rings. The topological polar surface area (TPSA) is 52.3 Å². The van der Waals surface area contributed by atoms with Gasteiger partial charge in [-0.3, -0.25) is 4.79 Å². The van der Waals surface area contributed by atoms with Crippen molar-refractivity contribution in [3.05, 3.63) is 11.6 Å². The highest BCUT2D eigenvalue weighted by atomic mass is 28.2. The number of rotatable bonds is 2. The van der Waals surface area contributed by atoms with Crippen LogP contribution in [0.1, 0.15) is 6.92 Å². The highest BCUT2D eigenvalue weighted by molar-refractivity contribution is 6.43. The first-order valence-corrected chi connectivity index (χ1v) is 4.90. The first-order chi connectivity index (χ1) is 4.16. The Hall–Kier alpha value is -0.773. The minimum atomic E-state index is -0.343. The first-order valence-electron chi connectivity index (χ1n) is 2.78. The maximum Gasteiger partial charge on any atom is 0.307 e. The van der Waals surface area contributed by atoms with Crippen LogP contribution >= 0.6 is 0 Å². The van der Waals surface area contributed by atoms with Gasteiger partial charge in [-0.2, -0.15) is 0 Å². The molecule has 0 atom stereocenters. The van der Waals surface area contributed by atoms with Crippen LogP contribution in [0.4, 0.5) is 0 Å². The van der Waals surface area contributed by atoms with Gasteiger partial charge in [0.1, 0.15) is 6.26 Å². The predicted octanol–water partition coefficient (Wildman–Crippen LogP) is -0.476. The number of esters is 1. The summed E-state index contributed by atoms with van der Waals surface area (Å²) in [5.74, 6) is -0.319. The number of hydrogen-bond donors (Lipinski definition) is 1. The smallest absolute Gasteiger partial charge is 0.307 e. The summed E-state index contributed by atoms with van der Waals surface area (Å²) in [6, 6.07) is 0. The number of ether oxygens (including phenoxy) is 1. The highest BCUT2D eigenvalue weighted by Crippen LogP contribution is 1.82. The Balaban J connectivity index is 3.56. The molecule has 0 heterocycles. The van der Waals surface area contributed by atoms with E-state index in [0.29, 0.717) is 5.32 Å². The molecule has 2 N–H and O–H groups in total. The second-order valence-corrected chi connectivity index (χ2v) is 3.18. The van der Waals surface area contributed by atoms with E-state index in [4.69, 9.17) is 5.73 Å². The molecule has 0 bridgehead atoms. The Kier molecular flexibility index (Phi) is 3.78. The Morgan fingerprint density at radius 2 is 2.33 bits per heavy atom. The molecule has 0 rings (SSSR count). The van der Waals surface area contributed by atoms with Crippen molar-refractivity contribution in [1.82, 2.24) is 0 Å². The van der Waals surface area contributed by atoms with Crippen LogP contribution < -0.4 is 5.73 Å². The van der Waals surface area contributed by atoms with Gasteiger partial charge in [0, 0.05) is 12.2 Å². The van der Waals surface area contributed by atoms with E-state index in [-0.39, 0.29) is 15.5 Å². The Morgan fingerprint density at radius 1 is 1.78 bits per heavy atom. The van der Waals surface area contributed by atoms with Gasteiger partial charge in [-0.15, -0.1) is 0 Å². The van der Waals surface area contributed by atoms with Crippen molar-refractivity contribution in [3.8, 4) is 0 Å². The lowest BCUT2D eigenvalue weighted by atomic mass is 10.8. The molecule has 0 saturated heterocycles. The van der Waals surface area contributed by atoms with Gasteiger partial charge in [0.05, 0.1) is 9.52 Å². The van der Waals surface area contributed by atoms with Gasteiger partial charge in [-0.25, -0.2) is 0 Å². The van der Waals surface area contributed by atoms with Gasteiger partial charge in [0.15, 0.2) is 0 Å². The van der Waals surface area contributed by atoms with Crippen LogP contribution in [-0.4, -0.2) is 15.5 Å². The fourth-order valence-electron chi connectivity index (χ4n) is 0.242. The molecule has 0 aliphatic rings. The second kappa shape index (κ2) is 4.14. The van der Waals surface area contributed by atoms with Crippen molar-refractivity contribution >= 4 is 15.5 Å². The molecule has 0 aliphatic carbocycles. The molecule has 0 unspecified atom stereocenters. The molecular weight excluding hydrogens is 134 g/mol. The van der Waals surface area contributed by atoms with Crippen molar-refractivity contribution < 1.29 is 9.53 Å². The molecule has 0 aromatic carbocycles. The molecule has 52 valence electrons. The maximum absolute atomic E-state index is 10.2. The van der Waals surface area contributed by atoms with Crippen LogP contribution in [0.5, 0.6) is 0 Å². The molecule has 4 heteroatoms. The van der Waals surface area contributed by atoms with E-state index in [1.807, 2.05) is 6.55 Å². The number of hydrogen-bond acceptors (Lipinski definition) is 3. The zero-order valence-electron chi connectivity index (χ0n) is 5.68. The standard InChI is InChI=1S/C5H11NO2Si/c1-4(7)8-3-5(6)9-2/h3H,6,9H2,1-2H3/b5-3+. The molecular formula is C5H11NO2Si. The first kappa shape index (κ1) is 8.23. The molecule has 0 fully saturated rings. The molecule has 3 nitrogen and oxygen atoms in total. The molecule has 0 saturated carbocycles. The lowest BCUT2D eigenvalue weighted by Crippen LogP contribution is -2.04. The summed E-state index contributed by atoms with van der Waals surface area (Å²) in [5, 5.41) is 0.713. The normalized spacial score (nSPS) is 12.4. The van der Waals surface area contributed by atoms with Crippen molar-refractivity contribution in [1.29, 1.82) is 0 Å². The van der Waals surface area contributed by atoms with E-state index in [1.165, 1.54) is 13.2 Å². The Labute approximate surface area is 56.7 Å². The van der Waals surface area contributed by atoms with Crippen molar-refractivity contribution in [2.45, 2.75) is 13.5 Å². The summed E-state index contributed by atoms with van der Waals surface area (Å²) in [6.45, 7) is 3.37. The third-order valence-corrected chi connectivity index (χ3v) is 1.77. The van der Waals surface area contributed by atoms with Crippen molar-refractivity contribution in [3.63, 3.8) is 0 Å². The van der Waals surface area contributed by atoms with E-state index in [2.05, 4.69) is 4.74 Å². The third kappa shape index (κ3) is 5.09. The van der Waals surface area contributed by atoms with Gasteiger partial charge in [0.2, 0.25) is 0 Å². The van der Waals surface area contributed by atoms with Crippen LogP contribution in [0.2, 0.25) is 6.55 Å². The van der Waals surface area contributed by atoms with Crippen molar-refractivity contribution in [2.75, 3.05) is 0 Å². The van der Waals surface area contributed by atoms with Crippen molar-refractivity contribution in [2.24, 2.45) is 5.73 Å². The monoisotopic (exact) mass is 145 g/mol. The Morgan fingerprint density at radius 3 is 2.67 bits per heavy atom. The van der Waals surface area contributed by atoms with Gasteiger partial charge < -0.3 is 10.5 Å². The summed E-state index contributed by atoms with van der Waals surface area (Å²) in [6.07, 6.45) is 1.33. The van der Waals surface area contributed by atoms with E-state index in [9.17, 15) is 4.79 Å². The van der Waals surface area contributed by atoms with E-state index >= 15 is 0 Å². The molecule has 0 aliphatic heterocycles. The van der Waals surface area contributed by atoms with Crippen LogP contribution in [0, 0.1) is 0 Å². The molecule has 9 heavy (non-hydrogen) atoms. The zero-order chi connectivity index (χ0) is 7.28. The lowest BCUT2D eigenvalue weighted by molar-refractivity contribution is -0.135. The van der Waals surface area contributed by atoms with Crippen LogP contribution in [-0.2, 0) is 9.53 Å². The van der Waals surface area contributed by atoms with Crippen LogP contribution in [0.15, 0.2) is 11.6 Å². The van der Waals surface area contributed by atoms with E-state index in [1.54, 1.807) is 0 Å². The summed E-state index contributed by atoms with van der Waals surface area (Å²) in [5.41, 5.74) is 5.37.